The van der Waals surface area contributed by atoms with Crippen LogP contribution in [0.15, 0.2) is 48.5 Å². The summed E-state index contributed by atoms with van der Waals surface area (Å²) in [5, 5.41) is 12.3. The Bertz CT molecular complexity index is 948. The Labute approximate surface area is 155 Å². The molecule has 8 nitrogen and oxygen atoms in total. The summed E-state index contributed by atoms with van der Waals surface area (Å²) in [4.78, 5) is 25.1. The number of nitrogens with two attached hydrogens (primary N) is 1. The van der Waals surface area contributed by atoms with Gasteiger partial charge in [-0.3, -0.25) is 9.59 Å². The molecule has 3 aromatic rings. The zero-order valence-corrected chi connectivity index (χ0v) is 15.0. The molecule has 0 aliphatic heterocycles. The summed E-state index contributed by atoms with van der Waals surface area (Å²) in [5.41, 5.74) is 6.83. The summed E-state index contributed by atoms with van der Waals surface area (Å²) in [6.45, 7) is 4.17. The Morgan fingerprint density at radius 3 is 2.30 bits per heavy atom. The number of carbonyl (C=O) groups is 2. The maximum atomic E-state index is 12.7. The molecule has 3 rings (SSSR count). The van der Waals surface area contributed by atoms with Crippen molar-refractivity contribution in [1.29, 1.82) is 0 Å². The first-order valence-corrected chi connectivity index (χ1v) is 8.46. The number of nitrogens with zero attached hydrogens (tertiary/aromatic N) is 4. The molecule has 0 fully saturated rings. The van der Waals surface area contributed by atoms with Gasteiger partial charge >= 0.3 is 0 Å². The molecule has 1 amide bonds. The lowest BCUT2D eigenvalue weighted by Gasteiger charge is -2.09. The molecule has 0 saturated heterocycles. The Morgan fingerprint density at radius 2 is 1.70 bits per heavy atom. The van der Waals surface area contributed by atoms with Gasteiger partial charge in [0.05, 0.1) is 6.61 Å². The van der Waals surface area contributed by atoms with Crippen LogP contribution >= 0.6 is 0 Å². The molecule has 138 valence electrons. The molecule has 0 aliphatic carbocycles. The zero-order chi connectivity index (χ0) is 19.4. The molecule has 2 aromatic carbocycles. The summed E-state index contributed by atoms with van der Waals surface area (Å²) in [7, 11) is 0. The van der Waals surface area contributed by atoms with Gasteiger partial charge in [-0.2, -0.15) is 4.80 Å². The van der Waals surface area contributed by atoms with Gasteiger partial charge in [0, 0.05) is 16.7 Å². The van der Waals surface area contributed by atoms with Gasteiger partial charge in [-0.1, -0.05) is 12.1 Å². The van der Waals surface area contributed by atoms with E-state index in [1.165, 1.54) is 4.80 Å². The minimum absolute atomic E-state index is 0.133. The van der Waals surface area contributed by atoms with Crippen LogP contribution in [0.4, 0.5) is 0 Å². The molecule has 1 heterocycles. The molecule has 27 heavy (non-hydrogen) atoms. The van der Waals surface area contributed by atoms with E-state index in [1.54, 1.807) is 55.5 Å². The van der Waals surface area contributed by atoms with Crippen molar-refractivity contribution >= 4 is 11.7 Å². The molecule has 1 atom stereocenters. The average molecular weight is 365 g/mol. The number of hydrogen-bond acceptors (Lipinski definition) is 6. The number of benzene rings is 2. The fourth-order valence-electron chi connectivity index (χ4n) is 2.52. The second-order valence-electron chi connectivity index (χ2n) is 5.87. The van der Waals surface area contributed by atoms with E-state index in [9.17, 15) is 9.59 Å². The van der Waals surface area contributed by atoms with E-state index in [0.29, 0.717) is 34.9 Å². The van der Waals surface area contributed by atoms with Gasteiger partial charge in [0.15, 0.2) is 5.78 Å². The van der Waals surface area contributed by atoms with Crippen molar-refractivity contribution < 1.29 is 14.3 Å². The Balaban J connectivity index is 1.76. The Hall–Kier alpha value is -3.55. The van der Waals surface area contributed by atoms with Crippen molar-refractivity contribution in [2.75, 3.05) is 6.61 Å². The lowest BCUT2D eigenvalue weighted by Crippen LogP contribution is -2.19. The minimum Gasteiger partial charge on any atom is -0.494 e. The van der Waals surface area contributed by atoms with E-state index in [4.69, 9.17) is 10.5 Å². The maximum Gasteiger partial charge on any atom is 0.248 e. The second-order valence-corrected chi connectivity index (χ2v) is 5.87. The summed E-state index contributed by atoms with van der Waals surface area (Å²) >= 11 is 0. The molecular formula is C19H19N5O3. The standard InChI is InChI=1S/C19H19N5O3/c1-3-27-16-10-8-13(9-11-16)17(25)12(2)24-22-19(21-23-24)15-6-4-14(5-7-15)18(20)26/h4-12H,3H2,1-2H3,(H2,20,26). The topological polar surface area (TPSA) is 113 Å². The molecule has 0 bridgehead atoms. The first-order chi connectivity index (χ1) is 13.0. The number of ketones is 1. The highest BCUT2D eigenvalue weighted by atomic mass is 16.5. The molecule has 0 aliphatic rings. The van der Waals surface area contributed by atoms with Crippen LogP contribution in [0.3, 0.4) is 0 Å². The highest BCUT2D eigenvalue weighted by Crippen LogP contribution is 2.19. The number of ether oxygens (including phenoxy) is 1. The molecular weight excluding hydrogens is 346 g/mol. The fourth-order valence-corrected chi connectivity index (χ4v) is 2.52. The largest absolute Gasteiger partial charge is 0.494 e. The van der Waals surface area contributed by atoms with Crippen LogP contribution in [0.5, 0.6) is 5.75 Å². The van der Waals surface area contributed by atoms with Gasteiger partial charge in [0.2, 0.25) is 11.7 Å². The molecule has 8 heteroatoms. The predicted octanol–water partition coefficient (Wildman–Crippen LogP) is 2.28. The van der Waals surface area contributed by atoms with Gasteiger partial charge in [-0.25, -0.2) is 0 Å². The van der Waals surface area contributed by atoms with Crippen LogP contribution in [0.2, 0.25) is 0 Å². The maximum absolute atomic E-state index is 12.7. The number of rotatable bonds is 7. The number of tetrazole rings is 1. The first kappa shape index (κ1) is 18.2. The lowest BCUT2D eigenvalue weighted by molar-refractivity contribution is 0.0917. The van der Waals surface area contributed by atoms with E-state index >= 15 is 0 Å². The van der Waals surface area contributed by atoms with Crippen molar-refractivity contribution in [3.8, 4) is 17.1 Å². The molecule has 2 N–H and O–H groups in total. The number of primary amides is 1. The van der Waals surface area contributed by atoms with Gasteiger partial charge in [-0.05, 0) is 55.5 Å². The van der Waals surface area contributed by atoms with Gasteiger partial charge in [-0.15, -0.1) is 10.2 Å². The third kappa shape index (κ3) is 4.00. The Morgan fingerprint density at radius 1 is 1.07 bits per heavy atom. The highest BCUT2D eigenvalue weighted by molar-refractivity contribution is 5.98. The summed E-state index contributed by atoms with van der Waals surface area (Å²) in [6, 6.07) is 12.9. The van der Waals surface area contributed by atoms with Crippen LogP contribution in [0.25, 0.3) is 11.4 Å². The second kappa shape index (κ2) is 7.77. The van der Waals surface area contributed by atoms with E-state index < -0.39 is 11.9 Å². The third-order valence-electron chi connectivity index (χ3n) is 4.03. The summed E-state index contributed by atoms with van der Waals surface area (Å²) in [5.74, 6) is 0.429. The van der Waals surface area contributed by atoms with E-state index in [1.807, 2.05) is 6.92 Å². The average Bonchev–Trinajstić information content (AvgIpc) is 3.18. The molecule has 0 spiro atoms. The minimum atomic E-state index is -0.617. The molecule has 1 aromatic heterocycles. The van der Waals surface area contributed by atoms with Crippen molar-refractivity contribution in [1.82, 2.24) is 20.2 Å². The van der Waals surface area contributed by atoms with E-state index in [2.05, 4.69) is 15.4 Å². The monoisotopic (exact) mass is 365 g/mol. The third-order valence-corrected chi connectivity index (χ3v) is 4.03. The fraction of sp³-hybridized carbons (Fsp3) is 0.211. The number of Topliss-reactive ketones (excluding diaryl/α,β-unsaturated/α-hetero) is 1. The van der Waals surface area contributed by atoms with Crippen molar-refractivity contribution in [3.63, 3.8) is 0 Å². The zero-order valence-electron chi connectivity index (χ0n) is 15.0. The highest BCUT2D eigenvalue weighted by Gasteiger charge is 2.20. The molecule has 0 saturated carbocycles. The van der Waals surface area contributed by atoms with Crippen LogP contribution in [0.1, 0.15) is 40.6 Å². The van der Waals surface area contributed by atoms with Gasteiger partial charge in [0.25, 0.3) is 0 Å². The summed E-state index contributed by atoms with van der Waals surface area (Å²) in [6.07, 6.45) is 0. The number of hydrogen-bond donors (Lipinski definition) is 1. The predicted molar refractivity (Wildman–Crippen MR) is 98.4 cm³/mol. The summed E-state index contributed by atoms with van der Waals surface area (Å²) < 4.78 is 5.38. The van der Waals surface area contributed by atoms with Crippen molar-refractivity contribution in [2.45, 2.75) is 19.9 Å². The first-order valence-electron chi connectivity index (χ1n) is 8.46. The van der Waals surface area contributed by atoms with Gasteiger partial charge < -0.3 is 10.5 Å². The van der Waals surface area contributed by atoms with Crippen molar-refractivity contribution in [3.05, 3.63) is 59.7 Å². The van der Waals surface area contributed by atoms with Crippen molar-refractivity contribution in [2.24, 2.45) is 5.73 Å². The smallest absolute Gasteiger partial charge is 0.248 e. The SMILES string of the molecule is CCOc1ccc(C(=O)C(C)n2nnc(-c3ccc(C(N)=O)cc3)n2)cc1. The number of amides is 1. The Kier molecular flexibility index (Phi) is 5.25. The molecule has 0 radical (unpaired) electrons. The van der Waals surface area contributed by atoms with Gasteiger partial charge in [0.1, 0.15) is 11.8 Å². The lowest BCUT2D eigenvalue weighted by atomic mass is 10.1. The van der Waals surface area contributed by atoms with Crippen LogP contribution in [-0.2, 0) is 0 Å². The van der Waals surface area contributed by atoms with Crippen LogP contribution in [0, 0.1) is 0 Å². The van der Waals surface area contributed by atoms with Crippen LogP contribution < -0.4 is 10.5 Å². The van der Waals surface area contributed by atoms with E-state index in [0.717, 1.165) is 0 Å². The number of aromatic nitrogens is 4. The molecule has 1 unspecified atom stereocenters. The number of carbonyl (C=O) groups excluding carboxylic acids is 2. The van der Waals surface area contributed by atoms with E-state index in [-0.39, 0.29) is 5.78 Å². The normalized spacial score (nSPS) is 11.8. The quantitative estimate of drug-likeness (QED) is 0.643. The van der Waals surface area contributed by atoms with Crippen LogP contribution in [-0.4, -0.2) is 38.5 Å².